The average Bonchev–Trinajstić information content (AvgIpc) is 2.38. The van der Waals surface area contributed by atoms with Crippen LogP contribution in [0.25, 0.3) is 0 Å². The van der Waals surface area contributed by atoms with Crippen molar-refractivity contribution in [1.82, 2.24) is 0 Å². The minimum absolute atomic E-state index is 1.37. The monoisotopic (exact) mass is 435 g/mol. The van der Waals surface area contributed by atoms with Crippen molar-refractivity contribution in [3.8, 4) is 0 Å². The van der Waals surface area contributed by atoms with Crippen LogP contribution in [0.4, 0.5) is 0 Å². The Morgan fingerprint density at radius 3 is 1.76 bits per heavy atom. The van der Waals surface area contributed by atoms with Crippen molar-refractivity contribution in [3.05, 3.63) is 0 Å². The summed E-state index contributed by atoms with van der Waals surface area (Å²) in [5.74, 6) is -1.47. The Morgan fingerprint density at radius 1 is 0.880 bits per heavy atom. The Kier molecular flexibility index (Phi) is 8.98. The van der Waals surface area contributed by atoms with E-state index in [2.05, 4.69) is 18.9 Å². The summed E-state index contributed by atoms with van der Waals surface area (Å²) >= 11 is 0. The van der Waals surface area contributed by atoms with Crippen LogP contribution in [0.3, 0.4) is 0 Å². The first-order valence-corrected chi connectivity index (χ1v) is 10.3. The number of aliphatic hydroxyl groups is 4. The quantitative estimate of drug-likeness (QED) is 0.141. The topological polar surface area (TPSA) is 284 Å². The van der Waals surface area contributed by atoms with Crippen molar-refractivity contribution in [2.45, 2.75) is 24.4 Å². The first-order valence-electron chi connectivity index (χ1n) is 5.77. The molecular weight excluding hydrogens is 419 g/mol. The summed E-state index contributed by atoms with van der Waals surface area (Å²) < 4.78 is 43.4. The molecule has 19 heteroatoms. The third kappa shape index (κ3) is 9.84. The van der Waals surface area contributed by atoms with Gasteiger partial charge in [-0.15, -0.1) is 0 Å². The zero-order valence-electron chi connectivity index (χ0n) is 11.9. The highest BCUT2D eigenvalue weighted by atomic mass is 31.3. The molecule has 0 fully saturated rings. The number of hydrogen-bond donors (Lipinski definition) is 9. The Balaban J connectivity index is 4.77. The standard InChI is InChI=1S/C6H16NO15P3/c7-6(12)5(11)4(10)3(9)2(8)1-20-24(16,17)22-25(18,19)21-23(13,14)15/h2-5,8-11H,1H2,(H2,7,12)(H,16,17)(H,18,19)(H2,13,14,15)/t2-,3-,4-,5-/m1/s1. The lowest BCUT2D eigenvalue weighted by molar-refractivity contribution is -0.145. The maximum atomic E-state index is 11.3. The minimum Gasteiger partial charge on any atom is -0.388 e. The van der Waals surface area contributed by atoms with Gasteiger partial charge in [0.05, 0.1) is 6.61 Å². The average molecular weight is 435 g/mol. The van der Waals surface area contributed by atoms with Crippen LogP contribution in [0.1, 0.15) is 0 Å². The summed E-state index contributed by atoms with van der Waals surface area (Å²) in [4.78, 5) is 45.1. The fraction of sp³-hybridized carbons (Fsp3) is 0.833. The normalized spacial score (nSPS) is 22.2. The predicted octanol–water partition coefficient (Wildman–Crippen LogP) is -3.74. The van der Waals surface area contributed by atoms with Gasteiger partial charge in [0.25, 0.3) is 0 Å². The van der Waals surface area contributed by atoms with Gasteiger partial charge in [0, 0.05) is 0 Å². The molecule has 1 amide bonds. The molecule has 2 unspecified atom stereocenters. The molecule has 0 saturated heterocycles. The van der Waals surface area contributed by atoms with E-state index >= 15 is 0 Å². The second-order valence-electron chi connectivity index (χ2n) is 4.28. The summed E-state index contributed by atoms with van der Waals surface area (Å²) in [6.45, 7) is -1.37. The van der Waals surface area contributed by atoms with Gasteiger partial charge in [-0.1, -0.05) is 0 Å². The summed E-state index contributed by atoms with van der Waals surface area (Å²) in [6, 6.07) is 0. The van der Waals surface area contributed by atoms with Crippen molar-refractivity contribution in [2.24, 2.45) is 5.73 Å². The Morgan fingerprint density at radius 2 is 1.36 bits per heavy atom. The fourth-order valence-corrected chi connectivity index (χ4v) is 4.19. The summed E-state index contributed by atoms with van der Waals surface area (Å²) in [5, 5.41) is 37.2. The van der Waals surface area contributed by atoms with E-state index in [9.17, 15) is 33.8 Å². The molecule has 6 atom stereocenters. The molecule has 150 valence electrons. The zero-order chi connectivity index (χ0) is 20.2. The summed E-state index contributed by atoms with van der Waals surface area (Å²) in [7, 11) is -16.9. The lowest BCUT2D eigenvalue weighted by Crippen LogP contribution is -2.50. The van der Waals surface area contributed by atoms with E-state index < -0.39 is 60.4 Å². The zero-order valence-corrected chi connectivity index (χ0v) is 14.6. The van der Waals surface area contributed by atoms with Crippen LogP contribution in [-0.4, -0.2) is 76.9 Å². The summed E-state index contributed by atoms with van der Waals surface area (Å²) in [6.07, 6.45) is -9.20. The van der Waals surface area contributed by atoms with Gasteiger partial charge in [-0.25, -0.2) is 13.7 Å². The highest BCUT2D eigenvalue weighted by Crippen LogP contribution is 2.66. The summed E-state index contributed by atoms with van der Waals surface area (Å²) in [5.41, 5.74) is 4.62. The van der Waals surface area contributed by atoms with Gasteiger partial charge in [-0.3, -0.25) is 9.32 Å². The van der Waals surface area contributed by atoms with Crippen LogP contribution in [0.2, 0.25) is 0 Å². The second kappa shape index (κ2) is 9.08. The number of carbonyl (C=O) groups excluding carboxylic acids is 1. The van der Waals surface area contributed by atoms with E-state index in [0.29, 0.717) is 0 Å². The third-order valence-corrected chi connectivity index (χ3v) is 5.99. The Hall–Kier alpha value is -0.280. The molecule has 0 saturated carbocycles. The lowest BCUT2D eigenvalue weighted by atomic mass is 10.0. The van der Waals surface area contributed by atoms with Gasteiger partial charge in [0.15, 0.2) is 6.10 Å². The van der Waals surface area contributed by atoms with Crippen molar-refractivity contribution in [2.75, 3.05) is 6.61 Å². The lowest BCUT2D eigenvalue weighted by Gasteiger charge is -2.25. The molecule has 0 aliphatic heterocycles. The Labute approximate surface area is 138 Å². The van der Waals surface area contributed by atoms with E-state index in [-0.39, 0.29) is 0 Å². The first-order chi connectivity index (χ1) is 11.0. The third-order valence-electron chi connectivity index (χ3n) is 2.18. The number of carbonyl (C=O) groups is 1. The molecule has 0 bridgehead atoms. The molecule has 0 aromatic carbocycles. The number of phosphoric acid groups is 3. The van der Waals surface area contributed by atoms with Crippen molar-refractivity contribution < 1.29 is 71.6 Å². The highest BCUT2D eigenvalue weighted by Gasteiger charge is 2.41. The molecule has 0 heterocycles. The number of amides is 1. The predicted molar refractivity (Wildman–Crippen MR) is 73.0 cm³/mol. The number of phosphoric ester groups is 1. The fourth-order valence-electron chi connectivity index (χ4n) is 1.16. The van der Waals surface area contributed by atoms with E-state index in [1.807, 2.05) is 0 Å². The van der Waals surface area contributed by atoms with Crippen LogP contribution in [-0.2, 0) is 31.6 Å². The largest absolute Gasteiger partial charge is 0.490 e. The van der Waals surface area contributed by atoms with E-state index in [4.69, 9.17) is 24.7 Å². The number of rotatable bonds is 11. The maximum absolute atomic E-state index is 11.3. The smallest absolute Gasteiger partial charge is 0.388 e. The molecule has 0 radical (unpaired) electrons. The van der Waals surface area contributed by atoms with Gasteiger partial charge >= 0.3 is 23.5 Å². The molecule has 0 aliphatic carbocycles. The minimum atomic E-state index is -5.76. The van der Waals surface area contributed by atoms with Gasteiger partial charge in [0.1, 0.15) is 18.3 Å². The molecule has 0 aromatic heterocycles. The molecular formula is C6H16NO15P3. The van der Waals surface area contributed by atoms with Crippen molar-refractivity contribution in [1.29, 1.82) is 0 Å². The number of hydrogen-bond acceptors (Lipinski definition) is 11. The molecule has 0 aliphatic rings. The Bertz CT molecular complexity index is 602. The maximum Gasteiger partial charge on any atom is 0.490 e. The molecule has 0 spiro atoms. The van der Waals surface area contributed by atoms with Crippen LogP contribution in [0.15, 0.2) is 0 Å². The molecule has 10 N–H and O–H groups in total. The van der Waals surface area contributed by atoms with Crippen LogP contribution >= 0.6 is 23.5 Å². The van der Waals surface area contributed by atoms with Gasteiger partial charge in [-0.2, -0.15) is 8.62 Å². The van der Waals surface area contributed by atoms with E-state index in [1.54, 1.807) is 0 Å². The highest BCUT2D eigenvalue weighted by molar-refractivity contribution is 7.66. The van der Waals surface area contributed by atoms with Gasteiger partial charge in [-0.05, 0) is 0 Å². The number of nitrogens with two attached hydrogens (primary N) is 1. The van der Waals surface area contributed by atoms with E-state index in [0.717, 1.165) is 0 Å². The molecule has 0 aromatic rings. The molecule has 25 heavy (non-hydrogen) atoms. The van der Waals surface area contributed by atoms with E-state index in [1.165, 1.54) is 0 Å². The second-order valence-corrected chi connectivity index (χ2v) is 8.70. The van der Waals surface area contributed by atoms with Crippen LogP contribution < -0.4 is 5.73 Å². The molecule has 0 rings (SSSR count). The molecule has 16 nitrogen and oxygen atoms in total. The SMILES string of the molecule is NC(=O)[C@H](O)[C@H](O)[C@H](O)[C@H](O)COP(=O)(O)OP(=O)(O)OP(=O)(O)O. The van der Waals surface area contributed by atoms with Crippen molar-refractivity contribution in [3.63, 3.8) is 0 Å². The number of aliphatic hydroxyl groups excluding tert-OH is 4. The number of primary amides is 1. The van der Waals surface area contributed by atoms with Crippen LogP contribution in [0.5, 0.6) is 0 Å². The van der Waals surface area contributed by atoms with Crippen LogP contribution in [0, 0.1) is 0 Å². The van der Waals surface area contributed by atoms with Crippen molar-refractivity contribution >= 4 is 29.4 Å². The van der Waals surface area contributed by atoms with Gasteiger partial charge < -0.3 is 45.7 Å². The first kappa shape index (κ1) is 24.7. The van der Waals surface area contributed by atoms with Gasteiger partial charge in [0.2, 0.25) is 5.91 Å².